The molecule has 4 heteroatoms. The largest absolute Gasteiger partial charge is 0.310 e. The number of halogens is 2. The molecule has 0 radical (unpaired) electrons. The van der Waals surface area contributed by atoms with E-state index in [-0.39, 0.29) is 0 Å². The van der Waals surface area contributed by atoms with E-state index in [2.05, 4.69) is 80.5 Å². The van der Waals surface area contributed by atoms with Crippen molar-refractivity contribution in [3.63, 3.8) is 0 Å². The second kappa shape index (κ2) is 6.30. The summed E-state index contributed by atoms with van der Waals surface area (Å²) in [6, 6.07) is 13.6. The minimum Gasteiger partial charge on any atom is -0.310 e. The quantitative estimate of drug-likeness (QED) is 0.658. The molecule has 1 heterocycles. The maximum Gasteiger partial charge on any atom is 0.0758 e. The fourth-order valence-electron chi connectivity index (χ4n) is 2.94. The van der Waals surface area contributed by atoms with E-state index in [0.717, 1.165) is 6.54 Å². The van der Waals surface area contributed by atoms with Crippen molar-refractivity contribution in [2.24, 2.45) is 5.92 Å². The Balaban J connectivity index is 1.81. The number of thiophene rings is 1. The summed E-state index contributed by atoms with van der Waals surface area (Å²) in [6.07, 6.45) is 1.28. The molecular weight excluding hydrogens is 398 g/mol. The maximum atomic E-state index is 3.71. The van der Waals surface area contributed by atoms with Crippen LogP contribution in [0.3, 0.4) is 0 Å². The average Bonchev–Trinajstić information content (AvgIpc) is 3.17. The number of hydrogen-bond donors (Lipinski definition) is 1. The molecule has 1 aliphatic rings. The third-order valence-corrected chi connectivity index (χ3v) is 6.32. The lowest BCUT2D eigenvalue weighted by atomic mass is 10.0. The number of rotatable bonds is 5. The van der Waals surface area contributed by atoms with E-state index in [1.165, 1.54) is 25.1 Å². The molecule has 1 nitrogen and oxygen atoms in total. The van der Waals surface area contributed by atoms with Crippen LogP contribution in [0.5, 0.6) is 0 Å². The zero-order chi connectivity index (χ0) is 14.1. The van der Waals surface area contributed by atoms with Crippen molar-refractivity contribution < 1.29 is 0 Å². The van der Waals surface area contributed by atoms with Crippen LogP contribution >= 0.6 is 43.2 Å². The SMILES string of the molecule is CCNC(c1cc(Br)sc1Br)C1CC1c1ccccc1. The Kier molecular flexibility index (Phi) is 4.65. The summed E-state index contributed by atoms with van der Waals surface area (Å²) >= 11 is 9.06. The molecule has 0 aliphatic heterocycles. The molecule has 1 aromatic carbocycles. The topological polar surface area (TPSA) is 12.0 Å². The lowest BCUT2D eigenvalue weighted by Crippen LogP contribution is -2.23. The summed E-state index contributed by atoms with van der Waals surface area (Å²) in [5.41, 5.74) is 2.87. The number of hydrogen-bond acceptors (Lipinski definition) is 2. The lowest BCUT2D eigenvalue weighted by molar-refractivity contribution is 0.487. The fourth-order valence-corrected chi connectivity index (χ4v) is 5.87. The van der Waals surface area contributed by atoms with Crippen LogP contribution in [-0.4, -0.2) is 6.54 Å². The van der Waals surface area contributed by atoms with Crippen molar-refractivity contribution in [3.8, 4) is 0 Å². The van der Waals surface area contributed by atoms with E-state index < -0.39 is 0 Å². The van der Waals surface area contributed by atoms with Gasteiger partial charge in [0.1, 0.15) is 0 Å². The smallest absolute Gasteiger partial charge is 0.0758 e. The molecule has 3 unspecified atom stereocenters. The van der Waals surface area contributed by atoms with Crippen LogP contribution in [0.4, 0.5) is 0 Å². The lowest BCUT2D eigenvalue weighted by Gasteiger charge is -2.18. The Morgan fingerprint density at radius 1 is 1.30 bits per heavy atom. The van der Waals surface area contributed by atoms with Gasteiger partial charge in [-0.1, -0.05) is 37.3 Å². The summed E-state index contributed by atoms with van der Waals surface area (Å²) in [4.78, 5) is 0. The Morgan fingerprint density at radius 2 is 2.05 bits per heavy atom. The first-order valence-corrected chi connectivity index (χ1v) is 9.34. The molecule has 1 fully saturated rings. The summed E-state index contributed by atoms with van der Waals surface area (Å²) in [5.74, 6) is 1.40. The third kappa shape index (κ3) is 3.03. The molecule has 1 saturated carbocycles. The van der Waals surface area contributed by atoms with Crippen LogP contribution in [0.2, 0.25) is 0 Å². The molecule has 0 bridgehead atoms. The molecule has 1 aromatic heterocycles. The molecule has 1 N–H and O–H groups in total. The zero-order valence-electron chi connectivity index (χ0n) is 11.3. The summed E-state index contributed by atoms with van der Waals surface area (Å²) in [6.45, 7) is 3.19. The van der Waals surface area contributed by atoms with Gasteiger partial charge < -0.3 is 5.32 Å². The van der Waals surface area contributed by atoms with Crippen molar-refractivity contribution in [1.29, 1.82) is 0 Å². The van der Waals surface area contributed by atoms with Crippen LogP contribution in [0, 0.1) is 5.92 Å². The highest BCUT2D eigenvalue weighted by Crippen LogP contribution is 2.55. The minimum atomic E-state index is 0.446. The van der Waals surface area contributed by atoms with Crippen LogP contribution in [0.1, 0.15) is 36.4 Å². The van der Waals surface area contributed by atoms with E-state index in [1.54, 1.807) is 11.3 Å². The van der Waals surface area contributed by atoms with Crippen molar-refractivity contribution >= 4 is 43.2 Å². The Morgan fingerprint density at radius 3 is 2.65 bits per heavy atom. The minimum absolute atomic E-state index is 0.446. The van der Waals surface area contributed by atoms with E-state index >= 15 is 0 Å². The molecule has 2 aromatic rings. The average molecular weight is 415 g/mol. The Hall–Kier alpha value is -0.160. The summed E-state index contributed by atoms with van der Waals surface area (Å²) in [7, 11) is 0. The van der Waals surface area contributed by atoms with Gasteiger partial charge in [0, 0.05) is 6.04 Å². The van der Waals surface area contributed by atoms with Gasteiger partial charge in [0.05, 0.1) is 7.57 Å². The monoisotopic (exact) mass is 413 g/mol. The Labute approximate surface area is 141 Å². The summed E-state index contributed by atoms with van der Waals surface area (Å²) in [5, 5.41) is 3.67. The van der Waals surface area contributed by atoms with Crippen molar-refractivity contribution in [2.45, 2.75) is 25.3 Å². The maximum absolute atomic E-state index is 3.71. The van der Waals surface area contributed by atoms with Gasteiger partial charge in [-0.3, -0.25) is 0 Å². The molecule has 0 spiro atoms. The second-order valence-electron chi connectivity index (χ2n) is 5.23. The first-order chi connectivity index (χ1) is 9.70. The number of nitrogens with one attached hydrogen (secondary N) is 1. The van der Waals surface area contributed by atoms with Gasteiger partial charge in [0.2, 0.25) is 0 Å². The molecular formula is C16H17Br2NS. The third-order valence-electron chi connectivity index (χ3n) is 3.94. The van der Waals surface area contributed by atoms with Crippen LogP contribution < -0.4 is 5.32 Å². The van der Waals surface area contributed by atoms with E-state index in [0.29, 0.717) is 17.9 Å². The van der Waals surface area contributed by atoms with Crippen LogP contribution in [-0.2, 0) is 0 Å². The van der Waals surface area contributed by atoms with E-state index in [9.17, 15) is 0 Å². The molecule has 1 aliphatic carbocycles. The molecule has 0 amide bonds. The number of benzene rings is 1. The highest BCUT2D eigenvalue weighted by atomic mass is 79.9. The zero-order valence-corrected chi connectivity index (χ0v) is 15.3. The summed E-state index contributed by atoms with van der Waals surface area (Å²) < 4.78 is 2.44. The van der Waals surface area contributed by atoms with Crippen molar-refractivity contribution in [1.82, 2.24) is 5.32 Å². The second-order valence-corrected chi connectivity index (χ2v) is 8.98. The van der Waals surface area contributed by atoms with Crippen LogP contribution in [0.15, 0.2) is 44.0 Å². The van der Waals surface area contributed by atoms with Gasteiger partial charge >= 0.3 is 0 Å². The fraction of sp³-hybridized carbons (Fsp3) is 0.375. The predicted octanol–water partition coefficient (Wildman–Crippen LogP) is 5.73. The first-order valence-electron chi connectivity index (χ1n) is 6.93. The van der Waals surface area contributed by atoms with E-state index in [4.69, 9.17) is 0 Å². The van der Waals surface area contributed by atoms with Gasteiger partial charge in [-0.15, -0.1) is 11.3 Å². The van der Waals surface area contributed by atoms with Gasteiger partial charge in [0.15, 0.2) is 0 Å². The normalized spacial score (nSPS) is 22.8. The van der Waals surface area contributed by atoms with Crippen molar-refractivity contribution in [3.05, 3.63) is 55.1 Å². The molecule has 3 atom stereocenters. The standard InChI is InChI=1S/C16H17Br2NS/c1-2-19-15(13-9-14(17)20-16(13)18)12-8-11(12)10-6-4-3-5-7-10/h3-7,9,11-12,15,19H,2,8H2,1H3. The molecule has 0 saturated heterocycles. The highest BCUT2D eigenvalue weighted by Gasteiger charge is 2.44. The predicted molar refractivity (Wildman–Crippen MR) is 93.4 cm³/mol. The van der Waals surface area contributed by atoms with E-state index in [1.807, 2.05) is 0 Å². The molecule has 106 valence electrons. The Bertz CT molecular complexity index is 581. The first kappa shape index (κ1) is 14.8. The van der Waals surface area contributed by atoms with Gasteiger partial charge in [-0.2, -0.15) is 0 Å². The van der Waals surface area contributed by atoms with Gasteiger partial charge in [-0.25, -0.2) is 0 Å². The highest BCUT2D eigenvalue weighted by molar-refractivity contribution is 9.12. The van der Waals surface area contributed by atoms with Gasteiger partial charge in [0.25, 0.3) is 0 Å². The molecule has 3 rings (SSSR count). The molecule has 20 heavy (non-hydrogen) atoms. The van der Waals surface area contributed by atoms with Crippen LogP contribution in [0.25, 0.3) is 0 Å². The van der Waals surface area contributed by atoms with Crippen molar-refractivity contribution in [2.75, 3.05) is 6.54 Å². The van der Waals surface area contributed by atoms with Gasteiger partial charge in [-0.05, 0) is 73.9 Å².